The number of alkyl halides is 3. The molecule has 5 nitrogen and oxygen atoms in total. The van der Waals surface area contributed by atoms with Crippen LogP contribution in [0.1, 0.15) is 27.3 Å². The number of carbonyl (C=O) groups is 1. The molecule has 1 aliphatic heterocycles. The second-order valence-corrected chi connectivity index (χ2v) is 7.93. The van der Waals surface area contributed by atoms with Gasteiger partial charge in [0, 0.05) is 49.7 Å². The number of benzene rings is 1. The van der Waals surface area contributed by atoms with Crippen LogP contribution in [0.2, 0.25) is 0 Å². The number of piperazine rings is 1. The van der Waals surface area contributed by atoms with Crippen LogP contribution in [0.15, 0.2) is 24.3 Å². The Morgan fingerprint density at radius 3 is 2.29 bits per heavy atom. The van der Waals surface area contributed by atoms with E-state index in [0.717, 1.165) is 10.1 Å². The number of carbonyl (C=O) groups excluding carboxylic acids is 1. The van der Waals surface area contributed by atoms with Gasteiger partial charge in [-0.05, 0) is 37.6 Å². The molecule has 0 amide bonds. The Morgan fingerprint density at radius 1 is 1.06 bits per heavy atom. The van der Waals surface area contributed by atoms with Gasteiger partial charge in [0.25, 0.3) is 0 Å². The first-order valence-electron chi connectivity index (χ1n) is 10.1. The van der Waals surface area contributed by atoms with E-state index >= 15 is 0 Å². The van der Waals surface area contributed by atoms with Crippen molar-refractivity contribution >= 4 is 5.78 Å². The van der Waals surface area contributed by atoms with E-state index in [1.807, 2.05) is 11.0 Å². The van der Waals surface area contributed by atoms with Gasteiger partial charge in [0.15, 0.2) is 17.3 Å². The molecule has 170 valence electrons. The maximum atomic E-state index is 13.9. The highest BCUT2D eigenvalue weighted by Crippen LogP contribution is 2.24. The Morgan fingerprint density at radius 2 is 1.71 bits per heavy atom. The van der Waals surface area contributed by atoms with E-state index in [1.54, 1.807) is 19.9 Å². The number of ketones is 1. The number of Topliss-reactive ketones (excluding diaryl/α,β-unsaturated/α-hetero) is 1. The largest absolute Gasteiger partial charge is 0.494 e. The van der Waals surface area contributed by atoms with Crippen molar-refractivity contribution in [2.75, 3.05) is 39.8 Å². The summed E-state index contributed by atoms with van der Waals surface area (Å²) in [6, 6.07) is 6.44. The van der Waals surface area contributed by atoms with Crippen LogP contribution in [0.25, 0.3) is 0 Å². The number of rotatable bonds is 7. The van der Waals surface area contributed by atoms with Crippen LogP contribution in [0.4, 0.5) is 17.6 Å². The van der Waals surface area contributed by atoms with Gasteiger partial charge < -0.3 is 9.30 Å². The van der Waals surface area contributed by atoms with Crippen molar-refractivity contribution in [3.63, 3.8) is 0 Å². The Labute approximate surface area is 179 Å². The molecule has 2 aromatic rings. The first-order chi connectivity index (χ1) is 14.6. The minimum atomic E-state index is -4.34. The van der Waals surface area contributed by atoms with Crippen LogP contribution >= 0.6 is 0 Å². The molecule has 1 fully saturated rings. The smallest absolute Gasteiger partial charge is 0.406 e. The fourth-order valence-electron chi connectivity index (χ4n) is 3.97. The molecule has 0 unspecified atom stereocenters. The molecule has 0 atom stereocenters. The van der Waals surface area contributed by atoms with Gasteiger partial charge in [0.05, 0.1) is 13.7 Å². The highest BCUT2D eigenvalue weighted by Gasteiger charge is 2.30. The van der Waals surface area contributed by atoms with Crippen LogP contribution < -0.4 is 4.74 Å². The molecule has 0 N–H and O–H groups in total. The summed E-state index contributed by atoms with van der Waals surface area (Å²) >= 11 is 0. The molecule has 0 aliphatic carbocycles. The predicted octanol–water partition coefficient (Wildman–Crippen LogP) is 3.82. The van der Waals surface area contributed by atoms with Gasteiger partial charge >= 0.3 is 6.18 Å². The van der Waals surface area contributed by atoms with Crippen molar-refractivity contribution in [1.82, 2.24) is 14.4 Å². The lowest BCUT2D eigenvalue weighted by molar-refractivity contribution is -0.141. The van der Waals surface area contributed by atoms with Gasteiger partial charge in [-0.25, -0.2) is 4.39 Å². The zero-order valence-corrected chi connectivity index (χ0v) is 17.9. The summed E-state index contributed by atoms with van der Waals surface area (Å²) in [7, 11) is 1.42. The first-order valence-corrected chi connectivity index (χ1v) is 10.1. The van der Waals surface area contributed by atoms with E-state index in [4.69, 9.17) is 4.74 Å². The zero-order valence-electron chi connectivity index (χ0n) is 17.9. The van der Waals surface area contributed by atoms with Gasteiger partial charge in [-0.3, -0.25) is 14.6 Å². The molecular formula is C22H27F4N3O2. The van der Waals surface area contributed by atoms with Crippen LogP contribution in [0.5, 0.6) is 5.75 Å². The molecule has 3 rings (SSSR count). The second-order valence-electron chi connectivity index (χ2n) is 7.93. The maximum absolute atomic E-state index is 13.9. The third kappa shape index (κ3) is 5.86. The molecule has 2 heterocycles. The molecule has 9 heteroatoms. The Hall–Kier alpha value is -2.39. The summed E-state index contributed by atoms with van der Waals surface area (Å²) in [4.78, 5) is 16.9. The minimum Gasteiger partial charge on any atom is -0.494 e. The lowest BCUT2D eigenvalue weighted by atomic mass is 10.1. The van der Waals surface area contributed by atoms with Crippen LogP contribution in [0, 0.1) is 19.7 Å². The van der Waals surface area contributed by atoms with Gasteiger partial charge in [-0.15, -0.1) is 0 Å². The summed E-state index contributed by atoms with van der Waals surface area (Å²) in [5.74, 6) is -0.360. The molecule has 0 radical (unpaired) electrons. The topological polar surface area (TPSA) is 37.7 Å². The average molecular weight is 441 g/mol. The number of hydrogen-bond acceptors (Lipinski definition) is 4. The number of halogens is 4. The van der Waals surface area contributed by atoms with Crippen LogP contribution in [0.3, 0.4) is 0 Å². The monoisotopic (exact) mass is 441 g/mol. The van der Waals surface area contributed by atoms with Crippen molar-refractivity contribution in [1.29, 1.82) is 0 Å². The van der Waals surface area contributed by atoms with Gasteiger partial charge in [0.1, 0.15) is 6.54 Å². The third-order valence-electron chi connectivity index (χ3n) is 5.67. The van der Waals surface area contributed by atoms with E-state index < -0.39 is 18.5 Å². The minimum absolute atomic E-state index is 0.168. The zero-order chi connectivity index (χ0) is 22.8. The molecule has 0 spiro atoms. The maximum Gasteiger partial charge on any atom is 0.406 e. The van der Waals surface area contributed by atoms with Crippen LogP contribution in [-0.2, 0) is 13.1 Å². The molecule has 1 saturated heterocycles. The Balaban J connectivity index is 1.55. The summed E-state index contributed by atoms with van der Waals surface area (Å²) in [6.07, 6.45) is -4.34. The highest BCUT2D eigenvalue weighted by molar-refractivity contribution is 5.99. The molecule has 0 saturated carbocycles. The Bertz CT molecular complexity index is 932. The molecule has 0 bridgehead atoms. The van der Waals surface area contributed by atoms with E-state index in [2.05, 4.69) is 4.90 Å². The number of ether oxygens (including phenoxy) is 1. The van der Waals surface area contributed by atoms with Gasteiger partial charge in [-0.2, -0.15) is 13.2 Å². The number of nitrogens with zero attached hydrogens (tertiary/aromatic N) is 3. The van der Waals surface area contributed by atoms with Crippen molar-refractivity contribution in [3.05, 3.63) is 52.6 Å². The van der Waals surface area contributed by atoms with E-state index in [0.29, 0.717) is 49.7 Å². The predicted molar refractivity (Wildman–Crippen MR) is 109 cm³/mol. The summed E-state index contributed by atoms with van der Waals surface area (Å²) in [6.45, 7) is 5.55. The highest BCUT2D eigenvalue weighted by atomic mass is 19.4. The summed E-state index contributed by atoms with van der Waals surface area (Å²) in [5, 5.41) is 0. The van der Waals surface area contributed by atoms with Crippen molar-refractivity contribution in [3.8, 4) is 5.75 Å². The molecule has 1 aromatic carbocycles. The van der Waals surface area contributed by atoms with Gasteiger partial charge in [0.2, 0.25) is 0 Å². The van der Waals surface area contributed by atoms with E-state index in [9.17, 15) is 22.4 Å². The van der Waals surface area contributed by atoms with Crippen LogP contribution in [-0.4, -0.2) is 66.2 Å². The standard InChI is InChI=1S/C22H27F4N3O2/c1-15-10-18(16(2)29(15)14-22(24,25)26)20(30)13-28-8-6-27(7-9-28)12-17-4-5-21(31-3)19(23)11-17/h4-5,10-11H,6-9,12-14H2,1-3H3. The quantitative estimate of drug-likeness (QED) is 0.484. The fourth-order valence-corrected chi connectivity index (χ4v) is 3.97. The average Bonchev–Trinajstić information content (AvgIpc) is 2.97. The number of aryl methyl sites for hydroxylation is 1. The summed E-state index contributed by atoms with van der Waals surface area (Å²) < 4.78 is 58.3. The lowest BCUT2D eigenvalue weighted by Crippen LogP contribution is -2.47. The molecule has 31 heavy (non-hydrogen) atoms. The first kappa shape index (κ1) is 23.3. The molecule has 1 aromatic heterocycles. The number of aromatic nitrogens is 1. The fraction of sp³-hybridized carbons (Fsp3) is 0.500. The molecule has 1 aliphatic rings. The number of methoxy groups -OCH3 is 1. The van der Waals surface area contributed by atoms with E-state index in [-0.39, 0.29) is 18.1 Å². The second kappa shape index (κ2) is 9.40. The normalized spacial score (nSPS) is 16.0. The van der Waals surface area contributed by atoms with Crippen molar-refractivity contribution in [2.45, 2.75) is 33.1 Å². The third-order valence-corrected chi connectivity index (χ3v) is 5.67. The van der Waals surface area contributed by atoms with Gasteiger partial charge in [-0.1, -0.05) is 6.07 Å². The SMILES string of the molecule is COc1ccc(CN2CCN(CC(=O)c3cc(C)n(CC(F)(F)F)c3C)CC2)cc1F. The lowest BCUT2D eigenvalue weighted by Gasteiger charge is -2.34. The Kier molecular flexibility index (Phi) is 7.06. The molecular weight excluding hydrogens is 414 g/mol. The van der Waals surface area contributed by atoms with Crippen molar-refractivity contribution in [2.24, 2.45) is 0 Å². The van der Waals surface area contributed by atoms with E-state index in [1.165, 1.54) is 19.2 Å². The van der Waals surface area contributed by atoms with Crippen molar-refractivity contribution < 1.29 is 27.1 Å². The summed E-state index contributed by atoms with van der Waals surface area (Å²) in [5.41, 5.74) is 1.97. The number of hydrogen-bond donors (Lipinski definition) is 0.